The van der Waals surface area contributed by atoms with Gasteiger partial charge in [-0.25, -0.2) is 9.37 Å². The van der Waals surface area contributed by atoms with Gasteiger partial charge in [0.2, 0.25) is 11.9 Å². The number of amides is 2. The van der Waals surface area contributed by atoms with Gasteiger partial charge in [0.05, 0.1) is 17.7 Å². The molecule has 9 heteroatoms. The Morgan fingerprint density at radius 3 is 2.38 bits per heavy atom. The van der Waals surface area contributed by atoms with Crippen LogP contribution >= 0.6 is 11.3 Å². The van der Waals surface area contributed by atoms with Crippen LogP contribution in [0.1, 0.15) is 15.2 Å². The predicted octanol–water partition coefficient (Wildman–Crippen LogP) is 6.03. The van der Waals surface area contributed by atoms with Crippen LogP contribution in [-0.4, -0.2) is 39.9 Å². The molecule has 5 rings (SSSR count). The van der Waals surface area contributed by atoms with Crippen LogP contribution in [0.5, 0.6) is 5.75 Å². The summed E-state index contributed by atoms with van der Waals surface area (Å²) in [7, 11) is 1.59. The van der Waals surface area contributed by atoms with Gasteiger partial charge in [-0.1, -0.05) is 36.4 Å². The number of hydrogen-bond acceptors (Lipinski definition) is 5. The molecule has 5 aromatic rings. The number of thiophene rings is 1. The average Bonchev–Trinajstić information content (AvgIpc) is 3.64. The third-order valence-electron chi connectivity index (χ3n) is 6.02. The van der Waals surface area contributed by atoms with Crippen LogP contribution in [0.25, 0.3) is 16.9 Å². The molecule has 3 aromatic carbocycles. The van der Waals surface area contributed by atoms with Gasteiger partial charge >= 0.3 is 0 Å². The summed E-state index contributed by atoms with van der Waals surface area (Å²) in [5.41, 5.74) is 2.94. The average molecular weight is 541 g/mol. The first-order valence-corrected chi connectivity index (χ1v) is 13.0. The van der Waals surface area contributed by atoms with E-state index >= 15 is 0 Å². The van der Waals surface area contributed by atoms with Gasteiger partial charge in [0.1, 0.15) is 18.1 Å². The van der Waals surface area contributed by atoms with Gasteiger partial charge in [-0.15, -0.1) is 11.3 Å². The molecule has 0 aliphatic heterocycles. The Labute approximate surface area is 229 Å². The number of carbonyl (C=O) groups is 2. The minimum absolute atomic E-state index is 0.181. The van der Waals surface area contributed by atoms with Crippen LogP contribution in [0.4, 0.5) is 10.3 Å². The molecule has 0 saturated heterocycles. The predicted molar refractivity (Wildman–Crippen MR) is 150 cm³/mol. The number of anilines is 1. The lowest BCUT2D eigenvalue weighted by Crippen LogP contribution is -2.37. The number of ether oxygens (including phenoxy) is 1. The Kier molecular flexibility index (Phi) is 7.79. The Morgan fingerprint density at radius 1 is 0.974 bits per heavy atom. The minimum Gasteiger partial charge on any atom is -0.497 e. The van der Waals surface area contributed by atoms with E-state index in [0.29, 0.717) is 22.0 Å². The summed E-state index contributed by atoms with van der Waals surface area (Å²) in [5.74, 6) is -0.0563. The lowest BCUT2D eigenvalue weighted by Gasteiger charge is -2.22. The van der Waals surface area contributed by atoms with Crippen LogP contribution in [0.3, 0.4) is 0 Å². The van der Waals surface area contributed by atoms with Crippen molar-refractivity contribution in [2.24, 2.45) is 0 Å². The Morgan fingerprint density at radius 2 is 1.72 bits per heavy atom. The van der Waals surface area contributed by atoms with Crippen molar-refractivity contribution in [1.82, 2.24) is 14.5 Å². The van der Waals surface area contributed by atoms with Gasteiger partial charge < -0.3 is 9.64 Å². The summed E-state index contributed by atoms with van der Waals surface area (Å²) in [6.07, 6.45) is 1.77. The fourth-order valence-corrected chi connectivity index (χ4v) is 4.76. The summed E-state index contributed by atoms with van der Waals surface area (Å²) in [6, 6.07) is 26.3. The third kappa shape index (κ3) is 6.22. The molecule has 0 saturated carbocycles. The first kappa shape index (κ1) is 25.9. The second-order valence-electron chi connectivity index (χ2n) is 8.70. The monoisotopic (exact) mass is 540 g/mol. The number of benzene rings is 3. The fraction of sp³-hybridized carbons (Fsp3) is 0.100. The minimum atomic E-state index is -0.411. The second-order valence-corrected chi connectivity index (χ2v) is 9.64. The van der Waals surface area contributed by atoms with E-state index < -0.39 is 5.91 Å². The number of hydrogen-bond donors (Lipinski definition) is 1. The summed E-state index contributed by atoms with van der Waals surface area (Å²) >= 11 is 1.33. The molecule has 0 aliphatic carbocycles. The van der Waals surface area contributed by atoms with Crippen molar-refractivity contribution in [3.8, 4) is 22.7 Å². The zero-order chi connectivity index (χ0) is 27.2. The molecule has 0 unspecified atom stereocenters. The highest BCUT2D eigenvalue weighted by Gasteiger charge is 2.22. The molecule has 2 aromatic heterocycles. The summed E-state index contributed by atoms with van der Waals surface area (Å²) in [6.45, 7) is 0.0915. The van der Waals surface area contributed by atoms with E-state index in [1.807, 2.05) is 60.0 Å². The van der Waals surface area contributed by atoms with Crippen molar-refractivity contribution in [1.29, 1.82) is 0 Å². The first-order chi connectivity index (χ1) is 19.0. The van der Waals surface area contributed by atoms with E-state index in [-0.39, 0.29) is 30.8 Å². The summed E-state index contributed by atoms with van der Waals surface area (Å²) in [4.78, 5) is 33.3. The number of nitrogens with one attached hydrogen (secondary N) is 1. The van der Waals surface area contributed by atoms with E-state index in [1.54, 1.807) is 42.1 Å². The quantitative estimate of drug-likeness (QED) is 0.248. The first-order valence-electron chi connectivity index (χ1n) is 12.2. The summed E-state index contributed by atoms with van der Waals surface area (Å²) in [5, 5.41) is 4.68. The molecular weight excluding hydrogens is 515 g/mol. The maximum absolute atomic E-state index is 13.6. The van der Waals surface area contributed by atoms with Crippen molar-refractivity contribution in [3.63, 3.8) is 0 Å². The number of nitrogens with zero attached hydrogens (tertiary/aromatic N) is 3. The molecule has 0 spiro atoms. The molecule has 1 N–H and O–H groups in total. The van der Waals surface area contributed by atoms with Gasteiger partial charge in [0.25, 0.3) is 5.91 Å². The van der Waals surface area contributed by atoms with Crippen LogP contribution < -0.4 is 10.1 Å². The highest BCUT2D eigenvalue weighted by atomic mass is 32.1. The molecule has 0 fully saturated rings. The lowest BCUT2D eigenvalue weighted by molar-refractivity contribution is -0.117. The molecule has 196 valence electrons. The Balaban J connectivity index is 1.43. The number of rotatable bonds is 9. The third-order valence-corrected chi connectivity index (χ3v) is 6.88. The molecule has 7 nitrogen and oxygen atoms in total. The number of halogens is 1. The molecular formula is C30H25FN4O3S. The van der Waals surface area contributed by atoms with Crippen LogP contribution in [0, 0.1) is 5.82 Å². The van der Waals surface area contributed by atoms with Gasteiger partial charge in [-0.05, 0) is 65.5 Å². The van der Waals surface area contributed by atoms with Gasteiger partial charge in [0.15, 0.2) is 0 Å². The van der Waals surface area contributed by atoms with Crippen molar-refractivity contribution < 1.29 is 18.7 Å². The molecule has 0 radical (unpaired) electrons. The number of methoxy groups -OCH3 is 1. The Bertz CT molecular complexity index is 1550. The van der Waals surface area contributed by atoms with Crippen molar-refractivity contribution >= 4 is 29.1 Å². The van der Waals surface area contributed by atoms with Gasteiger partial charge in [-0.2, -0.15) is 0 Å². The maximum atomic E-state index is 13.6. The SMILES string of the molecule is COc1ccc(-c2cn(-c3ccc(F)cc3)c(NC(=O)CN(Cc3ccccc3)C(=O)c3cccs3)n2)cc1. The number of carbonyl (C=O) groups excluding carboxylic acids is 2. The zero-order valence-electron chi connectivity index (χ0n) is 21.1. The fourth-order valence-electron chi connectivity index (χ4n) is 4.06. The normalized spacial score (nSPS) is 10.7. The molecule has 0 bridgehead atoms. The second kappa shape index (κ2) is 11.7. The van der Waals surface area contributed by atoms with E-state index in [2.05, 4.69) is 10.3 Å². The molecule has 2 amide bonds. The standard InChI is InChI=1S/C30H25FN4O3S/c1-38-25-15-9-22(10-16-25)26-19-35(24-13-11-23(31)12-14-24)30(32-26)33-28(36)20-34(18-21-6-3-2-4-7-21)29(37)27-8-5-17-39-27/h2-17,19H,18,20H2,1H3,(H,32,33,36). The summed E-state index contributed by atoms with van der Waals surface area (Å²) < 4.78 is 20.5. The maximum Gasteiger partial charge on any atom is 0.264 e. The van der Waals surface area contributed by atoms with E-state index in [4.69, 9.17) is 4.74 Å². The highest BCUT2D eigenvalue weighted by molar-refractivity contribution is 7.12. The Hall–Kier alpha value is -4.76. The van der Waals surface area contributed by atoms with Crippen molar-refractivity contribution in [2.45, 2.75) is 6.54 Å². The molecule has 0 atom stereocenters. The largest absolute Gasteiger partial charge is 0.497 e. The lowest BCUT2D eigenvalue weighted by atomic mass is 10.1. The highest BCUT2D eigenvalue weighted by Crippen LogP contribution is 2.26. The number of imidazole rings is 1. The van der Waals surface area contributed by atoms with E-state index in [0.717, 1.165) is 11.1 Å². The topological polar surface area (TPSA) is 76.5 Å². The van der Waals surface area contributed by atoms with Gasteiger partial charge in [0, 0.05) is 24.0 Å². The van der Waals surface area contributed by atoms with Crippen LogP contribution in [-0.2, 0) is 11.3 Å². The van der Waals surface area contributed by atoms with E-state index in [9.17, 15) is 14.0 Å². The van der Waals surface area contributed by atoms with Crippen molar-refractivity contribution in [2.75, 3.05) is 19.0 Å². The van der Waals surface area contributed by atoms with Crippen molar-refractivity contribution in [3.05, 3.63) is 119 Å². The van der Waals surface area contributed by atoms with Crippen LogP contribution in [0.2, 0.25) is 0 Å². The molecule has 0 aliphatic rings. The zero-order valence-corrected chi connectivity index (χ0v) is 21.9. The molecule has 39 heavy (non-hydrogen) atoms. The van der Waals surface area contributed by atoms with Gasteiger partial charge in [-0.3, -0.25) is 19.5 Å². The molecule has 2 heterocycles. The number of aromatic nitrogens is 2. The van der Waals surface area contributed by atoms with E-state index in [1.165, 1.54) is 28.4 Å². The smallest absolute Gasteiger partial charge is 0.264 e. The van der Waals surface area contributed by atoms with Crippen LogP contribution in [0.15, 0.2) is 103 Å².